The molecule has 0 heterocycles. The number of nitrogens with zero attached hydrogens (tertiary/aromatic N) is 1. The monoisotopic (exact) mass is 1290 g/mol. The first kappa shape index (κ1) is 86.3. The molecule has 10 heteroatoms. The van der Waals surface area contributed by atoms with Gasteiger partial charge in [0.15, 0.2) is 6.10 Å². The van der Waals surface area contributed by atoms with Crippen LogP contribution in [0.2, 0.25) is 0 Å². The molecule has 0 rings (SSSR count). The van der Waals surface area contributed by atoms with Crippen LogP contribution < -0.4 is 0 Å². The number of carbonyl (C=O) groups excluding carboxylic acids is 2. The van der Waals surface area contributed by atoms with E-state index in [1.54, 1.807) is 0 Å². The van der Waals surface area contributed by atoms with Crippen LogP contribution in [0.15, 0.2) is 219 Å². The van der Waals surface area contributed by atoms with Crippen molar-refractivity contribution >= 4 is 19.8 Å². The van der Waals surface area contributed by atoms with Gasteiger partial charge < -0.3 is 18.9 Å². The first-order chi connectivity index (χ1) is 45.0. The predicted octanol–water partition coefficient (Wildman–Crippen LogP) is 23.6. The average molecular weight is 1290 g/mol. The molecule has 1 N–H and O–H groups in total. The summed E-state index contributed by atoms with van der Waals surface area (Å²) in [5.41, 5.74) is 0. The molecular weight excluding hydrogens is 1160 g/mol. The smallest absolute Gasteiger partial charge is 0.462 e. The zero-order chi connectivity index (χ0) is 66.9. The molecule has 92 heavy (non-hydrogen) atoms. The van der Waals surface area contributed by atoms with E-state index in [9.17, 15) is 19.0 Å². The number of unbranched alkanes of at least 4 members (excludes halogenated alkanes) is 12. The topological polar surface area (TPSA) is 108 Å². The molecule has 0 radical (unpaired) electrons. The lowest BCUT2D eigenvalue weighted by molar-refractivity contribution is -0.870. The fraction of sp³-hybridized carbons (Fsp3) is 0.537. The fourth-order valence-corrected chi connectivity index (χ4v) is 9.39. The first-order valence-electron chi connectivity index (χ1n) is 35.5. The third-order valence-corrected chi connectivity index (χ3v) is 15.0. The Kier molecular flexibility index (Phi) is 65.4. The second-order valence-electron chi connectivity index (χ2n) is 23.8. The maximum atomic E-state index is 12.9. The van der Waals surface area contributed by atoms with E-state index in [2.05, 4.69) is 233 Å². The van der Waals surface area contributed by atoms with Gasteiger partial charge in [0.25, 0.3) is 0 Å². The van der Waals surface area contributed by atoms with Crippen LogP contribution >= 0.6 is 7.82 Å². The largest absolute Gasteiger partial charge is 0.472 e. The molecule has 0 aromatic carbocycles. The molecule has 0 saturated heterocycles. The van der Waals surface area contributed by atoms with E-state index in [-0.39, 0.29) is 26.1 Å². The molecule has 0 aliphatic heterocycles. The summed E-state index contributed by atoms with van der Waals surface area (Å²) in [7, 11) is 1.42. The molecule has 0 aromatic heterocycles. The Hall–Kier alpha value is -5.67. The van der Waals surface area contributed by atoms with Crippen LogP contribution in [0.4, 0.5) is 0 Å². The number of allylic oxidation sites excluding steroid dienone is 36. The highest BCUT2D eigenvalue weighted by Crippen LogP contribution is 2.43. The number of ether oxygens (including phenoxy) is 2. The minimum absolute atomic E-state index is 0.0129. The van der Waals surface area contributed by atoms with Gasteiger partial charge in [0.05, 0.1) is 27.7 Å². The molecular formula is C82H129NO8P+. The molecule has 0 fully saturated rings. The summed E-state index contributed by atoms with van der Waals surface area (Å²) in [5, 5.41) is 0. The number of hydrogen-bond acceptors (Lipinski definition) is 7. The van der Waals surface area contributed by atoms with Crippen molar-refractivity contribution in [3.8, 4) is 0 Å². The van der Waals surface area contributed by atoms with Crippen molar-refractivity contribution in [2.24, 2.45) is 0 Å². The molecule has 0 spiro atoms. The minimum Gasteiger partial charge on any atom is -0.462 e. The van der Waals surface area contributed by atoms with Crippen LogP contribution in [0.3, 0.4) is 0 Å². The molecule has 0 saturated carbocycles. The van der Waals surface area contributed by atoms with E-state index in [0.29, 0.717) is 23.9 Å². The van der Waals surface area contributed by atoms with Gasteiger partial charge in [-0.1, -0.05) is 284 Å². The van der Waals surface area contributed by atoms with Gasteiger partial charge in [-0.25, -0.2) is 4.57 Å². The van der Waals surface area contributed by atoms with Crippen molar-refractivity contribution in [2.45, 2.75) is 238 Å². The summed E-state index contributed by atoms with van der Waals surface area (Å²) >= 11 is 0. The lowest BCUT2D eigenvalue weighted by atomic mass is 10.1. The van der Waals surface area contributed by atoms with Crippen LogP contribution in [-0.2, 0) is 32.7 Å². The summed E-state index contributed by atoms with van der Waals surface area (Å²) in [5.74, 6) is -0.850. The van der Waals surface area contributed by atoms with Crippen molar-refractivity contribution in [2.75, 3.05) is 47.5 Å². The summed E-state index contributed by atoms with van der Waals surface area (Å²) in [4.78, 5) is 35.9. The summed E-state index contributed by atoms with van der Waals surface area (Å²) in [6, 6.07) is 0. The Bertz CT molecular complexity index is 2360. The second-order valence-corrected chi connectivity index (χ2v) is 25.3. The third kappa shape index (κ3) is 73.4. The third-order valence-electron chi connectivity index (χ3n) is 14.0. The summed E-state index contributed by atoms with van der Waals surface area (Å²) < 4.78 is 34.7. The lowest BCUT2D eigenvalue weighted by Crippen LogP contribution is -2.37. The van der Waals surface area contributed by atoms with Crippen molar-refractivity contribution in [1.29, 1.82) is 0 Å². The summed E-state index contributed by atoms with van der Waals surface area (Å²) in [6.07, 6.45) is 112. The number of likely N-dealkylation sites (N-methyl/N-ethyl adjacent to an activating group) is 1. The van der Waals surface area contributed by atoms with E-state index in [1.165, 1.54) is 0 Å². The minimum atomic E-state index is -4.42. The Balaban J connectivity index is 4.23. The van der Waals surface area contributed by atoms with Crippen molar-refractivity contribution in [1.82, 2.24) is 0 Å². The van der Waals surface area contributed by atoms with Gasteiger partial charge in [0.2, 0.25) is 0 Å². The average Bonchev–Trinajstić information content (AvgIpc) is 2.34. The first-order valence-corrected chi connectivity index (χ1v) is 37.0. The summed E-state index contributed by atoms with van der Waals surface area (Å²) in [6.45, 7) is 4.14. The van der Waals surface area contributed by atoms with Crippen LogP contribution in [0, 0.1) is 0 Å². The maximum absolute atomic E-state index is 12.9. The highest BCUT2D eigenvalue weighted by molar-refractivity contribution is 7.47. The zero-order valence-corrected chi connectivity index (χ0v) is 59.3. The van der Waals surface area contributed by atoms with E-state index in [4.69, 9.17) is 18.5 Å². The van der Waals surface area contributed by atoms with Gasteiger partial charge in [-0.3, -0.25) is 18.6 Å². The molecule has 0 aromatic rings. The standard InChI is InChI=1S/C82H128NO8P/c1-6-8-10-12-14-16-18-20-22-24-26-28-30-32-34-36-38-39-40-41-42-43-45-47-49-51-53-55-57-59-61-63-65-67-69-71-73-75-82(85)91-80(79-90-92(86,87)89-77-76-83(3,4)5)78-88-81(84)74-72-70-68-66-64-62-60-58-56-54-52-50-48-46-44-37-35-33-31-29-27-25-23-21-19-17-15-13-11-9-7-2/h8-11,14-17,20-23,26-29,32-35,38-39,41-42,44-47,50-53,56-59,80H,6-7,12-13,18-19,24-25,30-31,36-37,40,43,48-49,54-55,60-79H2,1-5H3/p+1/b10-8-,11-9-,16-14-,17-15-,22-20-,23-21-,28-26-,29-27-,34-32-,35-33-,39-38-,42-41-,46-44-,47-45-,52-50-,53-51-,58-56-,59-57-. The Labute approximate surface area is 563 Å². The molecule has 0 aliphatic carbocycles. The predicted molar refractivity (Wildman–Crippen MR) is 398 cm³/mol. The maximum Gasteiger partial charge on any atom is 0.472 e. The normalized spacial score (nSPS) is 14.5. The van der Waals surface area contributed by atoms with Crippen molar-refractivity contribution in [3.05, 3.63) is 219 Å². The number of rotatable bonds is 62. The SMILES string of the molecule is CC/C=C\C/C=C\C/C=C\C/C=C\C/C=C\C/C=C\C/C=C\C/C=C\C/C=C\C/C=C\CCCCCCCCC(=O)OC(COC(=O)CCCCCCCC/C=C\C/C=C\C/C=C\C/C=C\C/C=C\C/C=C\C/C=C\C/C=C\CC)COP(=O)(O)OCC[N+](C)(C)C. The number of carbonyl (C=O) groups is 2. The van der Waals surface area contributed by atoms with E-state index in [0.717, 1.165) is 193 Å². The van der Waals surface area contributed by atoms with Crippen molar-refractivity contribution in [3.63, 3.8) is 0 Å². The van der Waals surface area contributed by atoms with Crippen molar-refractivity contribution < 1.29 is 42.1 Å². The Morgan fingerprint density at radius 1 is 0.337 bits per heavy atom. The van der Waals surface area contributed by atoms with E-state index < -0.39 is 32.5 Å². The van der Waals surface area contributed by atoms with Gasteiger partial charge in [-0.15, -0.1) is 0 Å². The molecule has 2 atom stereocenters. The highest BCUT2D eigenvalue weighted by Gasteiger charge is 2.27. The Morgan fingerprint density at radius 3 is 0.870 bits per heavy atom. The number of quaternary nitrogens is 1. The van der Waals surface area contributed by atoms with Crippen LogP contribution in [0.5, 0.6) is 0 Å². The number of esters is 2. The molecule has 0 aliphatic rings. The van der Waals surface area contributed by atoms with Gasteiger partial charge in [0.1, 0.15) is 19.8 Å². The van der Waals surface area contributed by atoms with Gasteiger partial charge in [0, 0.05) is 12.8 Å². The molecule has 0 bridgehead atoms. The number of hydrogen-bond donors (Lipinski definition) is 1. The fourth-order valence-electron chi connectivity index (χ4n) is 8.65. The molecule has 9 nitrogen and oxygen atoms in total. The number of phosphoric ester groups is 1. The van der Waals surface area contributed by atoms with E-state index in [1.807, 2.05) is 21.1 Å². The Morgan fingerprint density at radius 2 is 0.587 bits per heavy atom. The quantitative estimate of drug-likeness (QED) is 0.0211. The van der Waals surface area contributed by atoms with Crippen LogP contribution in [0.25, 0.3) is 0 Å². The van der Waals surface area contributed by atoms with Gasteiger partial charge in [-0.2, -0.15) is 0 Å². The second kappa shape index (κ2) is 69.7. The highest BCUT2D eigenvalue weighted by atomic mass is 31.2. The van der Waals surface area contributed by atoms with Gasteiger partial charge >= 0.3 is 19.8 Å². The number of phosphoric acid groups is 1. The lowest BCUT2D eigenvalue weighted by Gasteiger charge is -2.24. The molecule has 0 amide bonds. The van der Waals surface area contributed by atoms with Gasteiger partial charge in [-0.05, 0) is 154 Å². The van der Waals surface area contributed by atoms with Crippen LogP contribution in [-0.4, -0.2) is 74.9 Å². The molecule has 514 valence electrons. The van der Waals surface area contributed by atoms with Crippen LogP contribution in [0.1, 0.15) is 232 Å². The molecule has 2 unspecified atom stereocenters. The van der Waals surface area contributed by atoms with E-state index >= 15 is 0 Å². The zero-order valence-electron chi connectivity index (χ0n) is 58.4.